The monoisotopic (exact) mass is 1000 g/mol. The fourth-order valence-corrected chi connectivity index (χ4v) is 10.4. The summed E-state index contributed by atoms with van der Waals surface area (Å²) in [5.74, 6) is 4.53. The third-order valence-electron chi connectivity index (χ3n) is 13.8. The first-order valence-corrected chi connectivity index (χ1v) is 26.7. The highest BCUT2D eigenvalue weighted by atomic mass is 79.9. The lowest BCUT2D eigenvalue weighted by molar-refractivity contribution is -0.127. The quantitative estimate of drug-likeness (QED) is 0.142. The van der Waals surface area contributed by atoms with Gasteiger partial charge in [0, 0.05) is 18.9 Å². The molecule has 5 aromatic carbocycles. The largest absolute Gasteiger partial charge is 0.508 e. The number of nitrogens with zero attached hydrogens (tertiary/aromatic N) is 1. The van der Waals surface area contributed by atoms with E-state index in [2.05, 4.69) is 117 Å². The number of phenolic OH excluding ortho intramolecular Hbond substituents is 1. The van der Waals surface area contributed by atoms with Crippen LogP contribution in [0.25, 0.3) is 0 Å². The fourth-order valence-electron chi connectivity index (χ4n) is 9.88. The first-order chi connectivity index (χ1) is 33.4. The second-order valence-electron chi connectivity index (χ2n) is 19.0. The van der Waals surface area contributed by atoms with Crippen LogP contribution in [0.3, 0.4) is 0 Å². The summed E-state index contributed by atoms with van der Waals surface area (Å²) in [7, 11) is 0. The van der Waals surface area contributed by atoms with Gasteiger partial charge in [-0.15, -0.1) is 0 Å². The van der Waals surface area contributed by atoms with E-state index in [0.29, 0.717) is 30.1 Å². The van der Waals surface area contributed by atoms with Gasteiger partial charge in [-0.3, -0.25) is 14.5 Å². The van der Waals surface area contributed by atoms with Crippen molar-refractivity contribution >= 4 is 27.5 Å². The zero-order chi connectivity index (χ0) is 47.4. The predicted molar refractivity (Wildman–Crippen MR) is 289 cm³/mol. The predicted octanol–water partition coefficient (Wildman–Crippen LogP) is 14.1. The molecule has 7 nitrogen and oxygen atoms in total. The number of halogens is 1. The number of phenols is 1. The maximum Gasteiger partial charge on any atom is 0.173 e. The number of likely N-dealkylation sites (tertiary alicyclic amines) is 1. The summed E-state index contributed by atoms with van der Waals surface area (Å²) in [6.07, 6.45) is 20.9. The summed E-state index contributed by atoms with van der Waals surface area (Å²) in [5.41, 5.74) is 2.99. The van der Waals surface area contributed by atoms with Crippen molar-refractivity contribution in [3.05, 3.63) is 163 Å². The van der Waals surface area contributed by atoms with Gasteiger partial charge in [-0.2, -0.15) is 0 Å². The number of ketones is 2. The molecule has 2 N–H and O–H groups in total. The number of carbonyl (C=O) groups is 2. The van der Waals surface area contributed by atoms with Crippen LogP contribution in [0.5, 0.6) is 17.2 Å². The Bertz CT molecular complexity index is 2080. The molecule has 10 rings (SSSR count). The van der Waals surface area contributed by atoms with Crippen molar-refractivity contribution in [1.82, 2.24) is 10.2 Å². The highest BCUT2D eigenvalue weighted by Crippen LogP contribution is 2.31. The molecule has 0 spiro atoms. The van der Waals surface area contributed by atoms with Crippen molar-refractivity contribution in [3.63, 3.8) is 0 Å². The Morgan fingerprint density at radius 2 is 0.957 bits per heavy atom. The summed E-state index contributed by atoms with van der Waals surface area (Å²) in [6, 6.07) is 51.1. The summed E-state index contributed by atoms with van der Waals surface area (Å²) in [6.45, 7) is 4.88. The van der Waals surface area contributed by atoms with E-state index >= 15 is 0 Å². The average Bonchev–Trinajstić information content (AvgIpc) is 3.39. The molecule has 4 unspecified atom stereocenters. The van der Waals surface area contributed by atoms with Crippen molar-refractivity contribution in [2.24, 2.45) is 11.8 Å². The molecule has 2 saturated heterocycles. The van der Waals surface area contributed by atoms with Crippen LogP contribution in [0.4, 0.5) is 0 Å². The van der Waals surface area contributed by atoms with Gasteiger partial charge in [0.2, 0.25) is 0 Å². The number of para-hydroxylation sites is 3. The van der Waals surface area contributed by atoms with Crippen LogP contribution in [0.1, 0.15) is 121 Å². The number of aromatic hydroxyl groups is 1. The molecule has 0 aromatic heterocycles. The molecule has 8 heteroatoms. The Labute approximate surface area is 423 Å². The highest BCUT2D eigenvalue weighted by Gasteiger charge is 2.34. The second-order valence-corrected chi connectivity index (χ2v) is 20.1. The molecule has 0 bridgehead atoms. The van der Waals surface area contributed by atoms with Crippen LogP contribution >= 0.6 is 15.9 Å². The number of carbonyl (C=O) groups excluding carboxylic acids is 2. The summed E-state index contributed by atoms with van der Waals surface area (Å²) < 4.78 is 12.0. The van der Waals surface area contributed by atoms with Gasteiger partial charge in [0.1, 0.15) is 29.1 Å². The van der Waals surface area contributed by atoms with E-state index in [9.17, 15) is 9.59 Å². The summed E-state index contributed by atoms with van der Waals surface area (Å²) >= 11 is 3.30. The number of nitrogens with one attached hydrogen (secondary N) is 1. The normalized spacial score (nSPS) is 21.9. The number of piperidine rings is 2. The Hall–Kier alpha value is -4.76. The molecule has 69 heavy (non-hydrogen) atoms. The average molecular weight is 1000 g/mol. The van der Waals surface area contributed by atoms with Crippen LogP contribution in [0.15, 0.2) is 152 Å². The molecule has 5 fully saturated rings. The maximum atomic E-state index is 11.5. The lowest BCUT2D eigenvalue weighted by Gasteiger charge is -2.43. The third kappa shape index (κ3) is 21.0. The molecule has 0 radical (unpaired) electrons. The van der Waals surface area contributed by atoms with Crippen LogP contribution in [0.2, 0.25) is 0 Å². The molecule has 0 amide bonds. The number of Topliss-reactive ketones (excluding diaryl/α,β-unsaturated/α-hetero) is 2. The van der Waals surface area contributed by atoms with Crippen molar-refractivity contribution in [2.75, 3.05) is 26.2 Å². The highest BCUT2D eigenvalue weighted by molar-refractivity contribution is 9.10. The minimum Gasteiger partial charge on any atom is -0.508 e. The Balaban J connectivity index is 0.000000175. The van der Waals surface area contributed by atoms with Gasteiger partial charge >= 0.3 is 0 Å². The summed E-state index contributed by atoms with van der Waals surface area (Å²) in [5, 5.41) is 12.0. The SMILES string of the molecule is C.O=C1CCCCC1Br.O=C1CCCCC1Oc1ccccc1.Oc1ccccc1.c1ccc(CC2CCN(C3CCCCC3Oc3ccccc3)CC2)cc1.c1ccc(CC2CCNCC2)cc1. The van der Waals surface area contributed by atoms with E-state index in [1.54, 1.807) is 24.3 Å². The number of benzene rings is 5. The molecular weight excluding hydrogens is 921 g/mol. The molecule has 4 atom stereocenters. The van der Waals surface area contributed by atoms with Gasteiger partial charge < -0.3 is 19.9 Å². The smallest absolute Gasteiger partial charge is 0.173 e. The fraction of sp³-hybridized carbons (Fsp3) is 0.475. The first kappa shape index (κ1) is 55.2. The van der Waals surface area contributed by atoms with Gasteiger partial charge in [-0.1, -0.05) is 151 Å². The van der Waals surface area contributed by atoms with Crippen LogP contribution < -0.4 is 14.8 Å². The standard InChI is InChI=1S/C24H31NO.C12H17N.C12H14O2.C6H9BrO.C6H6O.CH4/c1-3-9-20(10-4-1)19-21-15-17-25(18-16-21)23-13-7-8-14-24(23)26-22-11-5-2-6-12-22;1-2-4-11(5-3-1)10-12-6-8-13-9-7-12;13-11-8-4-5-9-12(11)14-10-6-2-1-3-7-10;7-5-3-1-2-4-6(5)8;7-6-4-2-1-3-5-6;/h1-6,9-12,21,23-24H,7-8,13-19H2;1-5,12-13H,6-10H2;1-3,6-7,12H,4-5,8-9H2;5H,1-4H2;1-5,7H;1H4. The van der Waals surface area contributed by atoms with Gasteiger partial charge in [0.25, 0.3) is 0 Å². The molecule has 2 aliphatic heterocycles. The molecule has 372 valence electrons. The molecule has 5 aliphatic rings. The number of hydrogen-bond donors (Lipinski definition) is 2. The van der Waals surface area contributed by atoms with Crippen molar-refractivity contribution in [1.29, 1.82) is 0 Å². The zero-order valence-electron chi connectivity index (χ0n) is 40.4. The topological polar surface area (TPSA) is 88.1 Å². The lowest BCUT2D eigenvalue weighted by Crippen LogP contribution is -2.50. The van der Waals surface area contributed by atoms with Gasteiger partial charge in [0.05, 0.1) is 4.83 Å². The van der Waals surface area contributed by atoms with Gasteiger partial charge in [-0.25, -0.2) is 0 Å². The van der Waals surface area contributed by atoms with E-state index in [1.807, 2.05) is 36.4 Å². The molecular formula is C61H81BrN2O5. The van der Waals surface area contributed by atoms with Crippen molar-refractivity contribution in [2.45, 2.75) is 146 Å². The van der Waals surface area contributed by atoms with Crippen LogP contribution in [0, 0.1) is 11.8 Å². The molecule has 2 heterocycles. The number of rotatable bonds is 9. The molecule has 3 saturated carbocycles. The van der Waals surface area contributed by atoms with Gasteiger partial charge in [0.15, 0.2) is 11.9 Å². The lowest BCUT2D eigenvalue weighted by atomic mass is 9.86. The first-order valence-electron chi connectivity index (χ1n) is 25.8. The Morgan fingerprint density at radius 1 is 0.507 bits per heavy atom. The van der Waals surface area contributed by atoms with E-state index in [0.717, 1.165) is 61.9 Å². The third-order valence-corrected chi connectivity index (χ3v) is 14.7. The number of alkyl halides is 1. The van der Waals surface area contributed by atoms with E-state index in [1.165, 1.54) is 108 Å². The van der Waals surface area contributed by atoms with Crippen LogP contribution in [-0.2, 0) is 22.4 Å². The van der Waals surface area contributed by atoms with E-state index in [-0.39, 0.29) is 24.1 Å². The van der Waals surface area contributed by atoms with Crippen LogP contribution in [-0.4, -0.2) is 70.8 Å². The second kappa shape index (κ2) is 32.2. The molecule has 3 aliphatic carbocycles. The molecule has 5 aromatic rings. The van der Waals surface area contributed by atoms with E-state index in [4.69, 9.17) is 14.6 Å². The number of ether oxygens (including phenoxy) is 2. The van der Waals surface area contributed by atoms with Crippen molar-refractivity contribution < 1.29 is 24.2 Å². The minimum absolute atomic E-state index is 0. The maximum absolute atomic E-state index is 11.5. The van der Waals surface area contributed by atoms with E-state index < -0.39 is 0 Å². The Kier molecular flexibility index (Phi) is 25.7. The Morgan fingerprint density at radius 3 is 1.43 bits per heavy atom. The van der Waals surface area contributed by atoms with Gasteiger partial charge in [-0.05, 0) is 175 Å². The van der Waals surface area contributed by atoms with Crippen molar-refractivity contribution in [3.8, 4) is 17.2 Å². The number of hydrogen-bond acceptors (Lipinski definition) is 7. The zero-order valence-corrected chi connectivity index (χ0v) is 41.9. The minimum atomic E-state index is -0.203. The summed E-state index contributed by atoms with van der Waals surface area (Å²) in [4.78, 5) is 25.1.